The van der Waals surface area contributed by atoms with Crippen LogP contribution in [0.15, 0.2) is 78.9 Å². The lowest BCUT2D eigenvalue weighted by Gasteiger charge is -2.23. The normalized spacial score (nSPS) is 10.9. The molecule has 0 unspecified atom stereocenters. The third-order valence-electron chi connectivity index (χ3n) is 3.96. The molecule has 3 aromatic rings. The second-order valence-electron chi connectivity index (χ2n) is 5.29. The van der Waals surface area contributed by atoms with E-state index >= 15 is 0 Å². The Bertz CT molecular complexity index is 710. The highest BCUT2D eigenvalue weighted by Gasteiger charge is 2.39. The standard InChI is InChI=1S/C19H16Cl2P.HI/c1-22(17-5-3-2-4-6-17,18-11-7-15(20)8-12-18)19-13-9-16(21)10-14-19;/h2-14H,1H3;1H/q+1;/p-1. The molecule has 0 aromatic heterocycles. The highest BCUT2D eigenvalue weighted by molar-refractivity contribution is 7.95. The van der Waals surface area contributed by atoms with Gasteiger partial charge in [0.1, 0.15) is 23.2 Å². The number of rotatable bonds is 3. The van der Waals surface area contributed by atoms with Crippen molar-refractivity contribution in [3.05, 3.63) is 88.9 Å². The summed E-state index contributed by atoms with van der Waals surface area (Å²) in [4.78, 5) is 0. The molecule has 0 amide bonds. The molecule has 0 aliphatic heterocycles. The second kappa shape index (κ2) is 7.98. The van der Waals surface area contributed by atoms with Crippen molar-refractivity contribution in [2.24, 2.45) is 0 Å². The number of halogens is 3. The van der Waals surface area contributed by atoms with E-state index in [1.54, 1.807) is 0 Å². The van der Waals surface area contributed by atoms with E-state index in [1.807, 2.05) is 24.3 Å². The van der Waals surface area contributed by atoms with E-state index in [9.17, 15) is 0 Å². The molecule has 0 radical (unpaired) electrons. The van der Waals surface area contributed by atoms with Crippen LogP contribution in [0.5, 0.6) is 0 Å². The topological polar surface area (TPSA) is 0 Å². The highest BCUT2D eigenvalue weighted by Crippen LogP contribution is 2.51. The predicted molar refractivity (Wildman–Crippen MR) is 101 cm³/mol. The molecular formula is C19H16Cl2IP. The zero-order chi connectivity index (χ0) is 15.6. The van der Waals surface area contributed by atoms with Gasteiger partial charge in [0.25, 0.3) is 0 Å². The molecule has 0 heterocycles. The van der Waals surface area contributed by atoms with Gasteiger partial charge in [-0.15, -0.1) is 0 Å². The van der Waals surface area contributed by atoms with Crippen molar-refractivity contribution in [1.29, 1.82) is 0 Å². The zero-order valence-corrected chi connectivity index (χ0v) is 17.2. The lowest BCUT2D eigenvalue weighted by Crippen LogP contribution is -3.00. The van der Waals surface area contributed by atoms with E-state index in [-0.39, 0.29) is 24.0 Å². The minimum absolute atomic E-state index is 0. The predicted octanol–water partition coefficient (Wildman–Crippen LogP) is 1.92. The maximum atomic E-state index is 6.07. The van der Waals surface area contributed by atoms with Gasteiger partial charge in [0.2, 0.25) is 0 Å². The van der Waals surface area contributed by atoms with Gasteiger partial charge in [0.15, 0.2) is 0 Å². The third-order valence-corrected chi connectivity index (χ3v) is 8.46. The van der Waals surface area contributed by atoms with Crippen molar-refractivity contribution < 1.29 is 24.0 Å². The van der Waals surface area contributed by atoms with Gasteiger partial charge < -0.3 is 24.0 Å². The maximum absolute atomic E-state index is 6.07. The van der Waals surface area contributed by atoms with Crippen LogP contribution >= 0.6 is 30.5 Å². The van der Waals surface area contributed by atoms with Crippen LogP contribution in [0.2, 0.25) is 10.0 Å². The summed E-state index contributed by atoms with van der Waals surface area (Å²) >= 11 is 12.1. The Balaban J connectivity index is 0.00000192. The summed E-state index contributed by atoms with van der Waals surface area (Å²) in [6.45, 7) is 2.34. The van der Waals surface area contributed by atoms with E-state index in [0.717, 1.165) is 10.0 Å². The Morgan fingerprint density at radius 1 is 0.565 bits per heavy atom. The summed E-state index contributed by atoms with van der Waals surface area (Å²) in [5.41, 5.74) is 0. The lowest BCUT2D eigenvalue weighted by molar-refractivity contribution is -0.00000412. The fourth-order valence-electron chi connectivity index (χ4n) is 2.65. The molecule has 0 bridgehead atoms. The van der Waals surface area contributed by atoms with Crippen molar-refractivity contribution in [3.63, 3.8) is 0 Å². The van der Waals surface area contributed by atoms with Gasteiger partial charge in [-0.2, -0.15) is 0 Å². The number of hydrogen-bond donors (Lipinski definition) is 0. The summed E-state index contributed by atoms with van der Waals surface area (Å²) in [5.74, 6) is 0. The number of hydrogen-bond acceptors (Lipinski definition) is 0. The van der Waals surface area contributed by atoms with Crippen molar-refractivity contribution in [2.75, 3.05) is 6.66 Å². The second-order valence-corrected chi connectivity index (χ2v) is 9.73. The molecule has 0 fully saturated rings. The first kappa shape index (κ1) is 18.7. The Morgan fingerprint density at radius 3 is 1.30 bits per heavy atom. The van der Waals surface area contributed by atoms with Crippen molar-refractivity contribution in [1.82, 2.24) is 0 Å². The van der Waals surface area contributed by atoms with Gasteiger partial charge in [-0.05, 0) is 60.7 Å². The fraction of sp³-hybridized carbons (Fsp3) is 0.0526. The molecule has 0 saturated carbocycles. The van der Waals surface area contributed by atoms with Crippen LogP contribution in [0.3, 0.4) is 0 Å². The smallest absolute Gasteiger partial charge is 0.109 e. The SMILES string of the molecule is C[P+](c1ccccc1)(c1ccc(Cl)cc1)c1ccc(Cl)cc1.[I-]. The highest BCUT2D eigenvalue weighted by atomic mass is 127. The first-order valence-electron chi connectivity index (χ1n) is 7.05. The Kier molecular flexibility index (Phi) is 6.50. The Morgan fingerprint density at radius 2 is 0.913 bits per heavy atom. The fourth-order valence-corrected chi connectivity index (χ4v) is 6.06. The van der Waals surface area contributed by atoms with Gasteiger partial charge >= 0.3 is 0 Å². The molecule has 0 spiro atoms. The molecule has 0 saturated heterocycles. The van der Waals surface area contributed by atoms with Crippen LogP contribution in [0.25, 0.3) is 0 Å². The van der Waals surface area contributed by atoms with Crippen LogP contribution in [0.1, 0.15) is 0 Å². The maximum Gasteiger partial charge on any atom is 0.109 e. The van der Waals surface area contributed by atoms with Gasteiger partial charge in [0, 0.05) is 10.0 Å². The first-order chi connectivity index (χ1) is 10.6. The summed E-state index contributed by atoms with van der Waals surface area (Å²) < 4.78 is 0. The largest absolute Gasteiger partial charge is 1.00 e. The molecule has 0 N–H and O–H groups in total. The van der Waals surface area contributed by atoms with E-state index in [2.05, 4.69) is 61.3 Å². The van der Waals surface area contributed by atoms with Crippen LogP contribution in [0, 0.1) is 0 Å². The summed E-state index contributed by atoms with van der Waals surface area (Å²) in [7, 11) is -1.68. The van der Waals surface area contributed by atoms with E-state index < -0.39 is 7.26 Å². The zero-order valence-electron chi connectivity index (χ0n) is 12.6. The summed E-state index contributed by atoms with van der Waals surface area (Å²) in [6.07, 6.45) is 0. The molecule has 0 aliphatic rings. The molecule has 118 valence electrons. The molecule has 23 heavy (non-hydrogen) atoms. The Hall–Kier alpha value is -0.600. The van der Waals surface area contributed by atoms with Gasteiger partial charge in [-0.3, -0.25) is 0 Å². The van der Waals surface area contributed by atoms with Gasteiger partial charge in [-0.1, -0.05) is 41.4 Å². The minimum atomic E-state index is -1.68. The quantitative estimate of drug-likeness (QED) is 0.403. The van der Waals surface area contributed by atoms with Crippen LogP contribution in [-0.2, 0) is 0 Å². The van der Waals surface area contributed by atoms with Gasteiger partial charge in [-0.25, -0.2) is 0 Å². The first-order valence-corrected chi connectivity index (χ1v) is 10.0. The van der Waals surface area contributed by atoms with Crippen molar-refractivity contribution >= 4 is 46.4 Å². The van der Waals surface area contributed by atoms with E-state index in [1.165, 1.54) is 15.9 Å². The van der Waals surface area contributed by atoms with Crippen LogP contribution < -0.4 is 39.9 Å². The summed E-state index contributed by atoms with van der Waals surface area (Å²) in [5, 5.41) is 5.49. The molecule has 3 rings (SSSR count). The van der Waals surface area contributed by atoms with Crippen molar-refractivity contribution in [3.8, 4) is 0 Å². The molecular weight excluding hydrogens is 457 g/mol. The van der Waals surface area contributed by atoms with E-state index in [4.69, 9.17) is 23.2 Å². The van der Waals surface area contributed by atoms with Crippen molar-refractivity contribution in [2.45, 2.75) is 0 Å². The lowest BCUT2D eigenvalue weighted by atomic mass is 10.3. The van der Waals surface area contributed by atoms with Gasteiger partial charge in [0.05, 0.1) is 6.66 Å². The van der Waals surface area contributed by atoms with Crippen LogP contribution in [-0.4, -0.2) is 6.66 Å². The molecule has 0 atom stereocenters. The Labute approximate surface area is 165 Å². The molecule has 0 aliphatic carbocycles. The minimum Gasteiger partial charge on any atom is -1.00 e. The van der Waals surface area contributed by atoms with E-state index in [0.29, 0.717) is 0 Å². The summed E-state index contributed by atoms with van der Waals surface area (Å²) in [6, 6.07) is 27.1. The average molecular weight is 473 g/mol. The van der Waals surface area contributed by atoms with Crippen LogP contribution in [0.4, 0.5) is 0 Å². The third kappa shape index (κ3) is 3.91. The molecule has 4 heteroatoms. The average Bonchev–Trinajstić information content (AvgIpc) is 2.56. The molecule has 3 aromatic carbocycles. The monoisotopic (exact) mass is 472 g/mol. The number of benzene rings is 3. The molecule has 0 nitrogen and oxygen atoms in total.